The molecule has 0 amide bonds. The van der Waals surface area contributed by atoms with Crippen LogP contribution in [0.15, 0.2) is 41.6 Å². The zero-order valence-corrected chi connectivity index (χ0v) is 21.7. The van der Waals surface area contributed by atoms with Crippen molar-refractivity contribution in [1.29, 1.82) is 5.26 Å². The third kappa shape index (κ3) is 3.95. The SMILES string of the molecule is CC[C@H]1CN([C@@H](C)c2ccn3c(C)cnc3c2)[C@H](CC)CN1c1cc(=O)n(C)c2cn(CC#N)nc12. The van der Waals surface area contributed by atoms with E-state index in [1.54, 1.807) is 28.6 Å². The van der Waals surface area contributed by atoms with Crippen molar-refractivity contribution in [2.45, 2.75) is 65.2 Å². The predicted octanol–water partition coefficient (Wildman–Crippen LogP) is 3.66. The number of pyridine rings is 2. The number of aromatic nitrogens is 5. The van der Waals surface area contributed by atoms with Crippen LogP contribution in [-0.4, -0.2) is 53.8 Å². The van der Waals surface area contributed by atoms with Crippen LogP contribution in [0.2, 0.25) is 0 Å². The minimum atomic E-state index is -0.0593. The summed E-state index contributed by atoms with van der Waals surface area (Å²) in [6.07, 6.45) is 7.78. The second-order valence-electron chi connectivity index (χ2n) is 9.88. The summed E-state index contributed by atoms with van der Waals surface area (Å²) in [5.74, 6) is 0. The van der Waals surface area contributed by atoms with Crippen LogP contribution < -0.4 is 10.5 Å². The van der Waals surface area contributed by atoms with Crippen molar-refractivity contribution >= 4 is 22.4 Å². The van der Waals surface area contributed by atoms with E-state index in [1.807, 2.05) is 6.20 Å². The number of nitrogens with zero attached hydrogens (tertiary/aromatic N) is 8. The smallest absolute Gasteiger partial charge is 0.252 e. The van der Waals surface area contributed by atoms with Gasteiger partial charge >= 0.3 is 0 Å². The second-order valence-corrected chi connectivity index (χ2v) is 9.88. The van der Waals surface area contributed by atoms with Crippen LogP contribution in [-0.2, 0) is 13.6 Å². The van der Waals surface area contributed by atoms with Gasteiger partial charge in [0.05, 0.1) is 23.5 Å². The van der Waals surface area contributed by atoms with Crippen molar-refractivity contribution in [2.75, 3.05) is 18.0 Å². The van der Waals surface area contributed by atoms with Crippen molar-refractivity contribution in [2.24, 2.45) is 7.05 Å². The van der Waals surface area contributed by atoms with E-state index in [4.69, 9.17) is 10.4 Å². The van der Waals surface area contributed by atoms with E-state index in [2.05, 4.69) is 71.3 Å². The number of aryl methyl sites for hydroxylation is 2. The molecule has 9 heteroatoms. The molecule has 0 aliphatic carbocycles. The largest absolute Gasteiger partial charge is 0.364 e. The maximum atomic E-state index is 12.9. The first-order valence-corrected chi connectivity index (χ1v) is 12.8. The van der Waals surface area contributed by atoms with Gasteiger partial charge in [0.25, 0.3) is 5.56 Å². The van der Waals surface area contributed by atoms with Crippen molar-refractivity contribution in [1.82, 2.24) is 28.6 Å². The minimum absolute atomic E-state index is 0.0593. The molecule has 1 fully saturated rings. The highest BCUT2D eigenvalue weighted by molar-refractivity contribution is 5.88. The Balaban J connectivity index is 1.50. The van der Waals surface area contributed by atoms with Crippen LogP contribution in [0.5, 0.6) is 0 Å². The molecule has 3 atom stereocenters. The average Bonchev–Trinajstić information content (AvgIpc) is 3.48. The number of fused-ring (bicyclic) bond motifs is 2. The highest BCUT2D eigenvalue weighted by Gasteiger charge is 2.36. The molecule has 0 spiro atoms. The van der Waals surface area contributed by atoms with E-state index < -0.39 is 0 Å². The Morgan fingerprint density at radius 3 is 2.69 bits per heavy atom. The molecule has 36 heavy (non-hydrogen) atoms. The number of rotatable bonds is 6. The van der Waals surface area contributed by atoms with Gasteiger partial charge in [-0.3, -0.25) is 14.4 Å². The number of imidazole rings is 1. The highest BCUT2D eigenvalue weighted by Crippen LogP contribution is 2.34. The van der Waals surface area contributed by atoms with Crippen LogP contribution in [0, 0.1) is 18.3 Å². The normalized spacial score (nSPS) is 19.7. The summed E-state index contributed by atoms with van der Waals surface area (Å²) in [5.41, 5.74) is 5.73. The van der Waals surface area contributed by atoms with Crippen molar-refractivity contribution in [3.63, 3.8) is 0 Å². The lowest BCUT2D eigenvalue weighted by Gasteiger charge is -2.49. The third-order valence-corrected chi connectivity index (χ3v) is 7.86. The molecular weight excluding hydrogens is 452 g/mol. The van der Waals surface area contributed by atoms with Gasteiger partial charge in [0.1, 0.15) is 17.7 Å². The topological polar surface area (TPSA) is 87.4 Å². The molecule has 1 saturated heterocycles. The Morgan fingerprint density at radius 1 is 1.19 bits per heavy atom. The summed E-state index contributed by atoms with van der Waals surface area (Å²) in [7, 11) is 1.76. The zero-order chi connectivity index (χ0) is 25.6. The first-order chi connectivity index (χ1) is 17.4. The van der Waals surface area contributed by atoms with E-state index in [0.717, 1.165) is 54.0 Å². The molecule has 0 radical (unpaired) electrons. The van der Waals surface area contributed by atoms with Gasteiger partial charge in [-0.25, -0.2) is 4.98 Å². The van der Waals surface area contributed by atoms with Crippen molar-refractivity contribution < 1.29 is 0 Å². The minimum Gasteiger partial charge on any atom is -0.364 e. The lowest BCUT2D eigenvalue weighted by atomic mass is 9.97. The van der Waals surface area contributed by atoms with E-state index in [1.165, 1.54) is 5.56 Å². The van der Waals surface area contributed by atoms with Gasteiger partial charge in [0.15, 0.2) is 0 Å². The van der Waals surface area contributed by atoms with Gasteiger partial charge in [-0.1, -0.05) is 13.8 Å². The molecule has 0 N–H and O–H groups in total. The van der Waals surface area contributed by atoms with Crippen LogP contribution in [0.3, 0.4) is 0 Å². The van der Waals surface area contributed by atoms with Gasteiger partial charge < -0.3 is 13.9 Å². The summed E-state index contributed by atoms with van der Waals surface area (Å²) in [6, 6.07) is 9.07. The highest BCUT2D eigenvalue weighted by atomic mass is 16.1. The number of hydrogen-bond acceptors (Lipinski definition) is 6. The number of hydrogen-bond donors (Lipinski definition) is 0. The summed E-state index contributed by atoms with van der Waals surface area (Å²) >= 11 is 0. The summed E-state index contributed by atoms with van der Waals surface area (Å²) < 4.78 is 5.36. The Hall–Kier alpha value is -3.64. The molecular formula is C27H34N8O. The third-order valence-electron chi connectivity index (χ3n) is 7.86. The Labute approximate surface area is 211 Å². The zero-order valence-electron chi connectivity index (χ0n) is 21.7. The number of piperazine rings is 1. The van der Waals surface area contributed by atoms with Gasteiger partial charge in [0, 0.05) is 62.4 Å². The van der Waals surface area contributed by atoms with Crippen molar-refractivity contribution in [3.8, 4) is 6.07 Å². The van der Waals surface area contributed by atoms with Crippen LogP contribution in [0.4, 0.5) is 5.69 Å². The summed E-state index contributed by atoms with van der Waals surface area (Å²) in [5, 5.41) is 13.9. The molecule has 5 heterocycles. The molecule has 1 aliphatic heterocycles. The van der Waals surface area contributed by atoms with Crippen LogP contribution >= 0.6 is 0 Å². The van der Waals surface area contributed by atoms with E-state index in [-0.39, 0.29) is 24.2 Å². The molecule has 188 valence electrons. The Kier molecular flexibility index (Phi) is 6.31. The molecule has 9 nitrogen and oxygen atoms in total. The maximum absolute atomic E-state index is 12.9. The lowest BCUT2D eigenvalue weighted by Crippen LogP contribution is -2.58. The number of anilines is 1. The van der Waals surface area contributed by atoms with Crippen LogP contribution in [0.25, 0.3) is 16.7 Å². The molecule has 0 unspecified atom stereocenters. The maximum Gasteiger partial charge on any atom is 0.252 e. The monoisotopic (exact) mass is 486 g/mol. The van der Waals surface area contributed by atoms with Gasteiger partial charge in [0.2, 0.25) is 0 Å². The average molecular weight is 487 g/mol. The van der Waals surface area contributed by atoms with E-state index >= 15 is 0 Å². The fraction of sp³-hybridized carbons (Fsp3) is 0.481. The Morgan fingerprint density at radius 2 is 1.97 bits per heavy atom. The van der Waals surface area contributed by atoms with Crippen molar-refractivity contribution in [3.05, 3.63) is 58.4 Å². The molecule has 4 aromatic rings. The summed E-state index contributed by atoms with van der Waals surface area (Å²) in [4.78, 5) is 22.4. The van der Waals surface area contributed by atoms with Gasteiger partial charge in [-0.15, -0.1) is 0 Å². The summed E-state index contributed by atoms with van der Waals surface area (Å²) in [6.45, 7) is 10.7. The first kappa shape index (κ1) is 24.1. The standard InChI is InChI=1S/C27H34N8O/c1-6-21-16-35(23-13-26(36)31(5)24-17-32(11-9-28)30-27(23)24)22(7-2)15-34(21)19(4)20-8-10-33-18(3)14-29-25(33)12-20/h8,10,12-14,17,19,21-22H,6-7,11,15-16H2,1-5H3/t19-,21+,22-/m0/s1. The predicted molar refractivity (Wildman–Crippen MR) is 141 cm³/mol. The first-order valence-electron chi connectivity index (χ1n) is 12.8. The lowest BCUT2D eigenvalue weighted by molar-refractivity contribution is 0.101. The van der Waals surface area contributed by atoms with E-state index in [9.17, 15) is 4.79 Å². The molecule has 0 saturated carbocycles. The fourth-order valence-electron chi connectivity index (χ4n) is 5.64. The molecule has 0 aromatic carbocycles. The molecule has 1 aliphatic rings. The number of nitriles is 1. The van der Waals surface area contributed by atoms with Crippen LogP contribution in [0.1, 0.15) is 50.9 Å². The second kappa shape index (κ2) is 9.43. The quantitative estimate of drug-likeness (QED) is 0.413. The molecule has 0 bridgehead atoms. The van der Waals surface area contributed by atoms with E-state index in [0.29, 0.717) is 6.04 Å². The van der Waals surface area contributed by atoms with Gasteiger partial charge in [-0.2, -0.15) is 10.4 Å². The Bertz CT molecular complexity index is 1510. The van der Waals surface area contributed by atoms with Gasteiger partial charge in [-0.05, 0) is 44.4 Å². The molecule has 5 rings (SSSR count). The fourth-order valence-corrected chi connectivity index (χ4v) is 5.64. The molecule has 4 aromatic heterocycles.